The van der Waals surface area contributed by atoms with Gasteiger partial charge >= 0.3 is 0 Å². The van der Waals surface area contributed by atoms with E-state index in [4.69, 9.17) is 16.3 Å². The molecule has 2 aliphatic heterocycles. The zero-order valence-electron chi connectivity index (χ0n) is 18.8. The number of hydrogen-bond donors (Lipinski definition) is 2. The number of halogens is 1. The fourth-order valence-corrected chi connectivity index (χ4v) is 4.59. The maximum atomic E-state index is 13.5. The first-order valence-corrected chi connectivity index (χ1v) is 11.6. The molecule has 1 atom stereocenters. The van der Waals surface area contributed by atoms with Gasteiger partial charge in [0.05, 0.1) is 24.4 Å². The van der Waals surface area contributed by atoms with Gasteiger partial charge in [0.1, 0.15) is 11.6 Å². The van der Waals surface area contributed by atoms with Crippen molar-refractivity contribution in [3.63, 3.8) is 0 Å². The molecule has 8 nitrogen and oxygen atoms in total. The molecule has 2 aliphatic rings. The van der Waals surface area contributed by atoms with Crippen LogP contribution in [-0.4, -0.2) is 47.6 Å². The molecule has 3 aromatic rings. The molecule has 0 radical (unpaired) electrons. The minimum atomic E-state index is -0.552. The summed E-state index contributed by atoms with van der Waals surface area (Å²) in [5, 5.41) is 6.77. The lowest BCUT2D eigenvalue weighted by atomic mass is 10.0. The smallest absolute Gasteiger partial charge is 0.257 e. The van der Waals surface area contributed by atoms with Gasteiger partial charge in [-0.3, -0.25) is 19.3 Å². The summed E-state index contributed by atoms with van der Waals surface area (Å²) in [6, 6.07) is 10.3. The highest BCUT2D eigenvalue weighted by molar-refractivity contribution is 6.30. The van der Waals surface area contributed by atoms with E-state index >= 15 is 0 Å². The lowest BCUT2D eigenvalue weighted by Crippen LogP contribution is -2.36. The molecule has 0 saturated carbocycles. The molecular weight excluding hydrogens is 456 g/mol. The van der Waals surface area contributed by atoms with Crippen LogP contribution in [0, 0.1) is 0 Å². The molecule has 176 valence electrons. The number of aromatic nitrogens is 1. The number of amides is 2. The van der Waals surface area contributed by atoms with Crippen molar-refractivity contribution in [2.75, 3.05) is 31.6 Å². The number of hydrogen-bond acceptors (Lipinski definition) is 5. The zero-order valence-corrected chi connectivity index (χ0v) is 19.5. The average Bonchev–Trinajstić information content (AvgIpc) is 2.83. The van der Waals surface area contributed by atoms with E-state index in [1.54, 1.807) is 23.6 Å². The van der Waals surface area contributed by atoms with E-state index in [2.05, 4.69) is 15.5 Å². The first-order valence-electron chi connectivity index (χ1n) is 11.3. The number of nitrogens with zero attached hydrogens (tertiary/aromatic N) is 2. The van der Waals surface area contributed by atoms with Crippen molar-refractivity contribution in [2.24, 2.45) is 0 Å². The van der Waals surface area contributed by atoms with E-state index in [0.717, 1.165) is 24.2 Å². The standard InChI is InChI=1S/C25H25ClN4O4/c1-15-24(32)28-21-11-17(13-29-6-8-34-9-7-29)10-19-22(21)30(15)14-20(23(19)31)25(33)27-12-16-2-4-18(26)5-3-16/h2-5,10-11,14-15H,6-9,12-13H2,1H3,(H,27,33)(H,28,32). The normalized spacial score (nSPS) is 18.1. The van der Waals surface area contributed by atoms with E-state index in [1.807, 2.05) is 24.3 Å². The van der Waals surface area contributed by atoms with Gasteiger partial charge in [-0.15, -0.1) is 0 Å². The van der Waals surface area contributed by atoms with Crippen LogP contribution in [0.1, 0.15) is 34.5 Å². The van der Waals surface area contributed by atoms with Crippen LogP contribution in [-0.2, 0) is 22.6 Å². The Morgan fingerprint density at radius 1 is 1.15 bits per heavy atom. The van der Waals surface area contributed by atoms with E-state index in [9.17, 15) is 14.4 Å². The van der Waals surface area contributed by atoms with Gasteiger partial charge in [0.2, 0.25) is 11.3 Å². The number of benzene rings is 2. The highest BCUT2D eigenvalue weighted by Gasteiger charge is 2.28. The van der Waals surface area contributed by atoms with Crippen molar-refractivity contribution in [1.29, 1.82) is 0 Å². The van der Waals surface area contributed by atoms with Gasteiger partial charge in [0, 0.05) is 42.8 Å². The summed E-state index contributed by atoms with van der Waals surface area (Å²) in [6.45, 7) is 5.57. The molecule has 2 amide bonds. The van der Waals surface area contributed by atoms with Gasteiger partial charge in [-0.2, -0.15) is 0 Å². The molecule has 0 bridgehead atoms. The average molecular weight is 481 g/mol. The molecule has 34 heavy (non-hydrogen) atoms. The van der Waals surface area contributed by atoms with Crippen molar-refractivity contribution >= 4 is 40.0 Å². The van der Waals surface area contributed by atoms with Crippen LogP contribution in [0.4, 0.5) is 5.69 Å². The Morgan fingerprint density at radius 3 is 2.62 bits per heavy atom. The molecule has 0 spiro atoms. The molecule has 3 heterocycles. The predicted octanol–water partition coefficient (Wildman–Crippen LogP) is 2.93. The summed E-state index contributed by atoms with van der Waals surface area (Å²) >= 11 is 5.92. The molecule has 1 aromatic heterocycles. The number of morpholine rings is 1. The monoisotopic (exact) mass is 480 g/mol. The van der Waals surface area contributed by atoms with Crippen molar-refractivity contribution in [1.82, 2.24) is 14.8 Å². The molecule has 1 fully saturated rings. The van der Waals surface area contributed by atoms with Crippen LogP contribution in [0.2, 0.25) is 5.02 Å². The highest BCUT2D eigenvalue weighted by Crippen LogP contribution is 2.32. The minimum absolute atomic E-state index is 0.0116. The number of nitrogens with one attached hydrogen (secondary N) is 2. The lowest BCUT2D eigenvalue weighted by Gasteiger charge is -2.29. The molecule has 9 heteroatoms. The molecular formula is C25H25ClN4O4. The van der Waals surface area contributed by atoms with Gasteiger partial charge < -0.3 is 19.9 Å². The Labute approximate surface area is 201 Å². The Hall–Kier alpha value is -3.20. The molecule has 0 aliphatic carbocycles. The van der Waals surface area contributed by atoms with E-state index in [-0.39, 0.29) is 23.4 Å². The first-order chi connectivity index (χ1) is 16.4. The number of ether oxygens (including phenoxy) is 1. The van der Waals surface area contributed by atoms with Gasteiger partial charge in [-0.05, 0) is 42.3 Å². The summed E-state index contributed by atoms with van der Waals surface area (Å²) < 4.78 is 7.15. The third-order valence-corrected chi connectivity index (χ3v) is 6.61. The van der Waals surface area contributed by atoms with Gasteiger partial charge in [0.25, 0.3) is 5.91 Å². The predicted molar refractivity (Wildman–Crippen MR) is 130 cm³/mol. The van der Waals surface area contributed by atoms with Gasteiger partial charge in [0.15, 0.2) is 0 Å². The van der Waals surface area contributed by atoms with Gasteiger partial charge in [-0.1, -0.05) is 23.7 Å². The Morgan fingerprint density at radius 2 is 1.88 bits per heavy atom. The largest absolute Gasteiger partial charge is 0.379 e. The van der Waals surface area contributed by atoms with E-state index < -0.39 is 11.9 Å². The van der Waals surface area contributed by atoms with Crippen LogP contribution in [0.25, 0.3) is 10.9 Å². The SMILES string of the molecule is CC1C(=O)Nc2cc(CN3CCOCC3)cc3c(=O)c(C(=O)NCc4ccc(Cl)cc4)cn1c23. The quantitative estimate of drug-likeness (QED) is 0.585. The Kier molecular flexibility index (Phi) is 6.12. The highest BCUT2D eigenvalue weighted by atomic mass is 35.5. The first kappa shape index (κ1) is 22.6. The van der Waals surface area contributed by atoms with E-state index in [1.165, 1.54) is 6.20 Å². The Balaban J connectivity index is 1.53. The van der Waals surface area contributed by atoms with Crippen LogP contribution < -0.4 is 16.1 Å². The molecule has 2 N–H and O–H groups in total. The molecule has 1 saturated heterocycles. The molecule has 1 unspecified atom stereocenters. The van der Waals surface area contributed by atoms with Crippen molar-refractivity contribution in [2.45, 2.75) is 26.1 Å². The molecule has 5 rings (SSSR count). The zero-order chi connectivity index (χ0) is 23.8. The fraction of sp³-hybridized carbons (Fsp3) is 0.320. The summed E-state index contributed by atoms with van der Waals surface area (Å²) in [6.07, 6.45) is 1.50. The summed E-state index contributed by atoms with van der Waals surface area (Å²) in [5.74, 6) is -0.669. The van der Waals surface area contributed by atoms with Crippen molar-refractivity contribution in [3.05, 3.63) is 74.5 Å². The number of carbonyl (C=O) groups excluding carboxylic acids is 2. The maximum Gasteiger partial charge on any atom is 0.257 e. The second kappa shape index (κ2) is 9.21. The second-order valence-electron chi connectivity index (χ2n) is 8.68. The van der Waals surface area contributed by atoms with Crippen LogP contribution in [0.15, 0.2) is 47.4 Å². The van der Waals surface area contributed by atoms with E-state index in [0.29, 0.717) is 41.4 Å². The lowest BCUT2D eigenvalue weighted by molar-refractivity contribution is -0.118. The number of rotatable bonds is 5. The Bertz CT molecular complexity index is 1330. The maximum absolute atomic E-state index is 13.5. The number of anilines is 1. The number of pyridine rings is 1. The summed E-state index contributed by atoms with van der Waals surface area (Å²) in [5.41, 5.74) is 2.65. The summed E-state index contributed by atoms with van der Waals surface area (Å²) in [4.78, 5) is 41.4. The number of carbonyl (C=O) groups is 2. The van der Waals surface area contributed by atoms with Crippen LogP contribution in [0.5, 0.6) is 0 Å². The summed E-state index contributed by atoms with van der Waals surface area (Å²) in [7, 11) is 0. The second-order valence-corrected chi connectivity index (χ2v) is 9.12. The topological polar surface area (TPSA) is 92.7 Å². The third-order valence-electron chi connectivity index (χ3n) is 6.36. The van der Waals surface area contributed by atoms with Crippen molar-refractivity contribution in [3.8, 4) is 0 Å². The van der Waals surface area contributed by atoms with Crippen LogP contribution in [0.3, 0.4) is 0 Å². The minimum Gasteiger partial charge on any atom is -0.379 e. The third kappa shape index (κ3) is 4.32. The molecule has 2 aromatic carbocycles. The van der Waals surface area contributed by atoms with Crippen LogP contribution >= 0.6 is 11.6 Å². The van der Waals surface area contributed by atoms with Gasteiger partial charge in [-0.25, -0.2) is 0 Å². The van der Waals surface area contributed by atoms with Crippen molar-refractivity contribution < 1.29 is 14.3 Å². The fourth-order valence-electron chi connectivity index (χ4n) is 4.47.